The first-order valence-electron chi connectivity index (χ1n) is 9.36. The summed E-state index contributed by atoms with van der Waals surface area (Å²) in [6.45, 7) is 3.63. The third kappa shape index (κ3) is 4.16. The van der Waals surface area contributed by atoms with Gasteiger partial charge in [-0.1, -0.05) is 30.5 Å². The molecule has 7 heteroatoms. The van der Waals surface area contributed by atoms with E-state index in [4.69, 9.17) is 21.4 Å². The number of ether oxygens (including phenoxy) is 1. The minimum atomic E-state index is -0.287. The maximum atomic E-state index is 11.6. The summed E-state index contributed by atoms with van der Waals surface area (Å²) in [6.07, 6.45) is 8.23. The van der Waals surface area contributed by atoms with Gasteiger partial charge in [0.2, 0.25) is 0 Å². The number of pyridine rings is 1. The van der Waals surface area contributed by atoms with Gasteiger partial charge in [-0.05, 0) is 37.5 Å². The smallest absolute Gasteiger partial charge is 0.333 e. The summed E-state index contributed by atoms with van der Waals surface area (Å²) in [5.41, 5.74) is 4.11. The number of nitrogens with zero attached hydrogens (tertiary/aromatic N) is 4. The van der Waals surface area contributed by atoms with Crippen LogP contribution in [0.1, 0.15) is 48.7 Å². The number of cyclic esters (lactones) is 1. The third-order valence-electron chi connectivity index (χ3n) is 5.17. The van der Waals surface area contributed by atoms with Gasteiger partial charge in [-0.2, -0.15) is 5.10 Å². The molecule has 1 aliphatic carbocycles. The molecule has 1 aliphatic heterocycles. The predicted molar refractivity (Wildman–Crippen MR) is 102 cm³/mol. The number of hydrogen-bond acceptors (Lipinski definition) is 5. The van der Waals surface area contributed by atoms with Gasteiger partial charge < -0.3 is 9.64 Å². The molecular formula is C20H23ClN4O2. The molecule has 2 aromatic rings. The summed E-state index contributed by atoms with van der Waals surface area (Å²) in [5.74, 6) is -0.287. The summed E-state index contributed by atoms with van der Waals surface area (Å²) >= 11 is 5.91. The van der Waals surface area contributed by atoms with Crippen molar-refractivity contribution >= 4 is 17.6 Å². The van der Waals surface area contributed by atoms with Gasteiger partial charge in [-0.15, -0.1) is 0 Å². The predicted octanol–water partition coefficient (Wildman–Crippen LogP) is 3.80. The molecular weight excluding hydrogens is 364 g/mol. The lowest BCUT2D eigenvalue weighted by Gasteiger charge is -2.26. The van der Waals surface area contributed by atoms with Crippen molar-refractivity contribution in [2.75, 3.05) is 6.61 Å². The van der Waals surface area contributed by atoms with Crippen LogP contribution in [0.15, 0.2) is 36.2 Å². The average molecular weight is 387 g/mol. The summed E-state index contributed by atoms with van der Waals surface area (Å²) in [6, 6.07) is 6.36. The summed E-state index contributed by atoms with van der Waals surface area (Å²) in [7, 11) is 0. The van der Waals surface area contributed by atoms with E-state index in [2.05, 4.69) is 20.6 Å². The lowest BCUT2D eigenvalue weighted by atomic mass is 10.2. The third-order valence-corrected chi connectivity index (χ3v) is 5.40. The van der Waals surface area contributed by atoms with Crippen molar-refractivity contribution in [1.29, 1.82) is 0 Å². The Kier molecular flexibility index (Phi) is 5.16. The quantitative estimate of drug-likeness (QED) is 0.558. The SMILES string of the molecule is Cc1cc(CN(Cc2ccc(Cl)nc2)C2=CC(=O)OC2)n(C2CCCC2)n1. The van der Waals surface area contributed by atoms with Gasteiger partial charge in [-0.25, -0.2) is 9.78 Å². The summed E-state index contributed by atoms with van der Waals surface area (Å²) in [4.78, 5) is 17.9. The Morgan fingerprint density at radius 1 is 1.30 bits per heavy atom. The van der Waals surface area contributed by atoms with Crippen LogP contribution in [-0.2, 0) is 22.6 Å². The molecule has 2 aromatic heterocycles. The van der Waals surface area contributed by atoms with E-state index >= 15 is 0 Å². The minimum Gasteiger partial charge on any atom is -0.456 e. The van der Waals surface area contributed by atoms with E-state index in [0.29, 0.717) is 30.9 Å². The van der Waals surface area contributed by atoms with Crippen LogP contribution >= 0.6 is 11.6 Å². The van der Waals surface area contributed by atoms with Crippen LogP contribution < -0.4 is 0 Å². The number of halogens is 1. The fraction of sp³-hybridized carbons (Fsp3) is 0.450. The van der Waals surface area contributed by atoms with Crippen LogP contribution in [-0.4, -0.2) is 32.2 Å². The lowest BCUT2D eigenvalue weighted by molar-refractivity contribution is -0.135. The van der Waals surface area contributed by atoms with Crippen molar-refractivity contribution in [3.05, 3.63) is 58.3 Å². The number of hydrogen-bond donors (Lipinski definition) is 0. The van der Waals surface area contributed by atoms with Crippen LogP contribution in [0.25, 0.3) is 0 Å². The highest BCUT2D eigenvalue weighted by Gasteiger charge is 2.24. The maximum absolute atomic E-state index is 11.6. The van der Waals surface area contributed by atoms with E-state index < -0.39 is 0 Å². The summed E-state index contributed by atoms with van der Waals surface area (Å²) in [5, 5.41) is 5.22. The van der Waals surface area contributed by atoms with Crippen molar-refractivity contribution in [3.8, 4) is 0 Å². The monoisotopic (exact) mass is 386 g/mol. The van der Waals surface area contributed by atoms with Crippen LogP contribution in [0.2, 0.25) is 5.15 Å². The minimum absolute atomic E-state index is 0.287. The number of esters is 1. The Bertz CT molecular complexity index is 853. The zero-order valence-corrected chi connectivity index (χ0v) is 16.2. The molecule has 2 aliphatic rings. The van der Waals surface area contributed by atoms with Gasteiger partial charge in [0.15, 0.2) is 0 Å². The molecule has 142 valence electrons. The Hall–Kier alpha value is -2.34. The van der Waals surface area contributed by atoms with E-state index in [1.54, 1.807) is 18.3 Å². The highest BCUT2D eigenvalue weighted by Crippen LogP contribution is 2.31. The van der Waals surface area contributed by atoms with Crippen LogP contribution in [0.4, 0.5) is 0 Å². The number of aromatic nitrogens is 3. The molecule has 0 spiro atoms. The molecule has 0 N–H and O–H groups in total. The van der Waals surface area contributed by atoms with Crippen molar-refractivity contribution in [3.63, 3.8) is 0 Å². The molecule has 0 amide bonds. The fourth-order valence-corrected chi connectivity index (χ4v) is 3.99. The molecule has 1 fully saturated rings. The van der Waals surface area contributed by atoms with Gasteiger partial charge in [0.1, 0.15) is 11.8 Å². The number of rotatable bonds is 6. The van der Waals surface area contributed by atoms with E-state index in [1.165, 1.54) is 31.4 Å². The molecule has 0 radical (unpaired) electrons. The normalized spacial score (nSPS) is 17.3. The van der Waals surface area contributed by atoms with Gasteiger partial charge in [0.05, 0.1) is 29.7 Å². The fourth-order valence-electron chi connectivity index (χ4n) is 3.88. The van der Waals surface area contributed by atoms with Crippen LogP contribution in [0.3, 0.4) is 0 Å². The topological polar surface area (TPSA) is 60.3 Å². The lowest BCUT2D eigenvalue weighted by Crippen LogP contribution is -2.25. The van der Waals surface area contributed by atoms with Crippen molar-refractivity contribution in [2.45, 2.75) is 51.7 Å². The molecule has 6 nitrogen and oxygen atoms in total. The van der Waals surface area contributed by atoms with E-state index in [-0.39, 0.29) is 5.97 Å². The largest absolute Gasteiger partial charge is 0.456 e. The molecule has 0 saturated heterocycles. The molecule has 0 bridgehead atoms. The first kappa shape index (κ1) is 18.0. The number of carbonyl (C=O) groups is 1. The Labute approximate surface area is 163 Å². The first-order valence-corrected chi connectivity index (χ1v) is 9.74. The highest BCUT2D eigenvalue weighted by atomic mass is 35.5. The molecule has 27 heavy (non-hydrogen) atoms. The van der Waals surface area contributed by atoms with Crippen molar-refractivity contribution < 1.29 is 9.53 Å². The molecule has 0 aromatic carbocycles. The molecule has 4 rings (SSSR count). The Balaban J connectivity index is 1.60. The Morgan fingerprint density at radius 2 is 2.11 bits per heavy atom. The second-order valence-corrected chi connectivity index (χ2v) is 7.64. The average Bonchev–Trinajstić information content (AvgIpc) is 3.37. The van der Waals surface area contributed by atoms with Crippen LogP contribution in [0, 0.1) is 6.92 Å². The molecule has 0 atom stereocenters. The van der Waals surface area contributed by atoms with E-state index in [1.807, 2.05) is 13.0 Å². The Morgan fingerprint density at radius 3 is 2.78 bits per heavy atom. The van der Waals surface area contributed by atoms with E-state index in [0.717, 1.165) is 17.0 Å². The number of carbonyl (C=O) groups excluding carboxylic acids is 1. The second-order valence-electron chi connectivity index (χ2n) is 7.25. The zero-order valence-electron chi connectivity index (χ0n) is 15.4. The first-order chi connectivity index (χ1) is 13.1. The molecule has 3 heterocycles. The highest BCUT2D eigenvalue weighted by molar-refractivity contribution is 6.29. The van der Waals surface area contributed by atoms with Gasteiger partial charge in [0.25, 0.3) is 0 Å². The molecule has 1 saturated carbocycles. The van der Waals surface area contributed by atoms with Gasteiger partial charge >= 0.3 is 5.97 Å². The van der Waals surface area contributed by atoms with Crippen molar-refractivity contribution in [1.82, 2.24) is 19.7 Å². The van der Waals surface area contributed by atoms with Gasteiger partial charge in [-0.3, -0.25) is 4.68 Å². The van der Waals surface area contributed by atoms with Gasteiger partial charge in [0, 0.05) is 18.8 Å². The van der Waals surface area contributed by atoms with E-state index in [9.17, 15) is 4.79 Å². The summed E-state index contributed by atoms with van der Waals surface area (Å²) < 4.78 is 7.33. The number of aryl methyl sites for hydroxylation is 1. The zero-order chi connectivity index (χ0) is 18.8. The van der Waals surface area contributed by atoms with Crippen LogP contribution in [0.5, 0.6) is 0 Å². The standard InChI is InChI=1S/C20H23ClN4O2/c1-14-8-17(25(23-14)16-4-2-3-5-16)12-24(18-9-20(26)27-13-18)11-15-6-7-19(21)22-10-15/h6-10,16H,2-5,11-13H2,1H3. The second kappa shape index (κ2) is 7.72. The maximum Gasteiger partial charge on any atom is 0.333 e. The molecule has 0 unspecified atom stereocenters. The van der Waals surface area contributed by atoms with Crippen molar-refractivity contribution in [2.24, 2.45) is 0 Å².